The van der Waals surface area contributed by atoms with Crippen molar-refractivity contribution < 1.29 is 13.2 Å². The summed E-state index contributed by atoms with van der Waals surface area (Å²) in [6, 6.07) is 7.24. The number of carbonyl (C=O) groups is 1. The summed E-state index contributed by atoms with van der Waals surface area (Å²) in [4.78, 5) is 13.5. The van der Waals surface area contributed by atoms with E-state index in [1.54, 1.807) is 19.2 Å². The highest BCUT2D eigenvalue weighted by molar-refractivity contribution is 7.88. The molecule has 0 aliphatic carbocycles. The van der Waals surface area contributed by atoms with E-state index in [4.69, 9.17) is 11.6 Å². The van der Waals surface area contributed by atoms with Gasteiger partial charge in [-0.1, -0.05) is 23.7 Å². The molecule has 1 aromatic rings. The average molecular weight is 331 g/mol. The lowest BCUT2D eigenvalue weighted by Gasteiger charge is -2.15. The molecule has 7 heteroatoms. The zero-order valence-electron chi connectivity index (χ0n) is 12.3. The third-order valence-corrected chi connectivity index (χ3v) is 3.77. The van der Waals surface area contributed by atoms with Crippen LogP contribution in [-0.2, 0) is 14.8 Å². The van der Waals surface area contributed by atoms with Crippen LogP contribution in [0.4, 0.5) is 0 Å². The smallest absolute Gasteiger partial charge is 0.246 e. The largest absolute Gasteiger partial charge is 0.341 e. The molecule has 0 spiro atoms. The number of benzene rings is 1. The number of hydrogen-bond acceptors (Lipinski definition) is 3. The minimum Gasteiger partial charge on any atom is -0.341 e. The zero-order chi connectivity index (χ0) is 16.0. The van der Waals surface area contributed by atoms with E-state index in [2.05, 4.69) is 4.72 Å². The maximum absolute atomic E-state index is 12.0. The quantitative estimate of drug-likeness (QED) is 0.808. The second-order valence-electron chi connectivity index (χ2n) is 4.76. The topological polar surface area (TPSA) is 66.5 Å². The molecule has 0 aliphatic heterocycles. The Morgan fingerprint density at radius 2 is 2.10 bits per heavy atom. The Morgan fingerprint density at radius 1 is 1.43 bits per heavy atom. The van der Waals surface area contributed by atoms with Crippen molar-refractivity contribution in [2.75, 3.05) is 26.4 Å². The molecule has 5 nitrogen and oxygen atoms in total. The van der Waals surface area contributed by atoms with Crippen molar-refractivity contribution in [3.8, 4) is 0 Å². The van der Waals surface area contributed by atoms with E-state index in [0.29, 0.717) is 11.6 Å². The Morgan fingerprint density at radius 3 is 2.67 bits per heavy atom. The zero-order valence-corrected chi connectivity index (χ0v) is 13.8. The Labute approximate surface area is 130 Å². The van der Waals surface area contributed by atoms with E-state index < -0.39 is 10.0 Å². The van der Waals surface area contributed by atoms with Crippen LogP contribution in [0.15, 0.2) is 30.3 Å². The van der Waals surface area contributed by atoms with Gasteiger partial charge in [0.2, 0.25) is 15.9 Å². The highest BCUT2D eigenvalue weighted by Crippen LogP contribution is 2.18. The molecule has 1 aromatic carbocycles. The molecule has 0 saturated heterocycles. The van der Waals surface area contributed by atoms with Crippen molar-refractivity contribution in [1.29, 1.82) is 0 Å². The summed E-state index contributed by atoms with van der Waals surface area (Å²) in [6.07, 6.45) is 2.59. The Bertz CT molecular complexity index is 641. The summed E-state index contributed by atoms with van der Waals surface area (Å²) < 4.78 is 24.2. The summed E-state index contributed by atoms with van der Waals surface area (Å²) in [7, 11) is -1.62. The van der Waals surface area contributed by atoms with Crippen molar-refractivity contribution in [2.24, 2.45) is 0 Å². The second-order valence-corrected chi connectivity index (χ2v) is 7.03. The Balaban J connectivity index is 2.64. The molecule has 0 unspecified atom stereocenters. The number of likely N-dealkylation sites (N-methyl/N-ethyl adjacent to an activating group) is 1. The van der Waals surface area contributed by atoms with Gasteiger partial charge >= 0.3 is 0 Å². The van der Waals surface area contributed by atoms with Crippen LogP contribution in [0.1, 0.15) is 12.5 Å². The summed E-state index contributed by atoms with van der Waals surface area (Å²) in [5, 5.41) is 0.610. The van der Waals surface area contributed by atoms with Crippen LogP contribution in [0, 0.1) is 0 Å². The number of allylic oxidation sites excluding steroid dienone is 1. The normalized spacial score (nSPS) is 12.3. The summed E-state index contributed by atoms with van der Waals surface area (Å²) in [6.45, 7) is 2.31. The molecule has 116 valence electrons. The Hall–Kier alpha value is -1.37. The summed E-state index contributed by atoms with van der Waals surface area (Å²) >= 11 is 5.91. The molecule has 1 rings (SSSR count). The van der Waals surface area contributed by atoms with Crippen LogP contribution in [0.25, 0.3) is 5.57 Å². The molecule has 0 atom stereocenters. The number of halogens is 1. The third-order valence-electron chi connectivity index (χ3n) is 2.81. The molecule has 21 heavy (non-hydrogen) atoms. The van der Waals surface area contributed by atoms with Crippen LogP contribution in [-0.4, -0.2) is 45.6 Å². The van der Waals surface area contributed by atoms with Gasteiger partial charge in [-0.05, 0) is 30.2 Å². The van der Waals surface area contributed by atoms with Gasteiger partial charge in [-0.2, -0.15) is 0 Å². The van der Waals surface area contributed by atoms with Crippen molar-refractivity contribution in [1.82, 2.24) is 9.62 Å². The number of carbonyl (C=O) groups excluding carboxylic acids is 1. The molecule has 1 N–H and O–H groups in total. The third kappa shape index (κ3) is 6.75. The van der Waals surface area contributed by atoms with Crippen LogP contribution in [0.3, 0.4) is 0 Å². The van der Waals surface area contributed by atoms with E-state index in [1.165, 1.54) is 11.0 Å². The number of rotatable bonds is 6. The average Bonchev–Trinajstić information content (AvgIpc) is 2.36. The summed E-state index contributed by atoms with van der Waals surface area (Å²) in [5.74, 6) is -0.192. The van der Waals surface area contributed by atoms with Crippen molar-refractivity contribution in [2.45, 2.75) is 6.92 Å². The molecule has 0 saturated carbocycles. The Kier molecular flexibility index (Phi) is 6.39. The van der Waals surface area contributed by atoms with Crippen molar-refractivity contribution in [3.63, 3.8) is 0 Å². The van der Waals surface area contributed by atoms with Gasteiger partial charge in [0.05, 0.1) is 6.26 Å². The van der Waals surface area contributed by atoms with E-state index in [9.17, 15) is 13.2 Å². The van der Waals surface area contributed by atoms with Gasteiger partial charge in [0.25, 0.3) is 0 Å². The van der Waals surface area contributed by atoms with Gasteiger partial charge in [0, 0.05) is 31.2 Å². The predicted octanol–water partition coefficient (Wildman–Crippen LogP) is 1.75. The van der Waals surface area contributed by atoms with Crippen LogP contribution >= 0.6 is 11.6 Å². The van der Waals surface area contributed by atoms with Crippen LogP contribution in [0.5, 0.6) is 0 Å². The number of nitrogens with zero attached hydrogens (tertiary/aromatic N) is 1. The lowest BCUT2D eigenvalue weighted by atomic mass is 10.1. The molecular formula is C14H19ClN2O3S. The molecule has 1 amide bonds. The SMILES string of the molecule is CC(=CC(=O)N(C)CCNS(C)(=O)=O)c1cccc(Cl)c1. The van der Waals surface area contributed by atoms with Gasteiger partial charge in [0.15, 0.2) is 0 Å². The highest BCUT2D eigenvalue weighted by atomic mass is 35.5. The van der Waals surface area contributed by atoms with Crippen molar-refractivity contribution >= 4 is 33.1 Å². The van der Waals surface area contributed by atoms with Crippen molar-refractivity contribution in [3.05, 3.63) is 40.9 Å². The van der Waals surface area contributed by atoms with Gasteiger partial charge in [-0.15, -0.1) is 0 Å². The van der Waals surface area contributed by atoms with Gasteiger partial charge < -0.3 is 4.90 Å². The van der Waals surface area contributed by atoms with Gasteiger partial charge in [-0.3, -0.25) is 4.79 Å². The maximum Gasteiger partial charge on any atom is 0.246 e. The summed E-state index contributed by atoms with van der Waals surface area (Å²) in [5.41, 5.74) is 1.67. The number of nitrogens with one attached hydrogen (secondary N) is 1. The number of amides is 1. The fourth-order valence-corrected chi connectivity index (χ4v) is 2.27. The first-order valence-corrected chi connectivity index (χ1v) is 8.60. The lowest BCUT2D eigenvalue weighted by molar-refractivity contribution is -0.124. The number of hydrogen-bond donors (Lipinski definition) is 1. The molecule has 0 heterocycles. The molecule has 0 aromatic heterocycles. The lowest BCUT2D eigenvalue weighted by Crippen LogP contribution is -2.35. The fourth-order valence-electron chi connectivity index (χ4n) is 1.62. The highest BCUT2D eigenvalue weighted by Gasteiger charge is 2.08. The fraction of sp³-hybridized carbons (Fsp3) is 0.357. The minimum atomic E-state index is -3.23. The van der Waals surface area contributed by atoms with Gasteiger partial charge in [0.1, 0.15) is 0 Å². The minimum absolute atomic E-state index is 0.186. The maximum atomic E-state index is 12.0. The van der Waals surface area contributed by atoms with E-state index in [1.807, 2.05) is 19.1 Å². The first-order chi connectivity index (χ1) is 9.69. The first kappa shape index (κ1) is 17.7. The molecule has 0 bridgehead atoms. The van der Waals surface area contributed by atoms with Crippen LogP contribution in [0.2, 0.25) is 5.02 Å². The number of sulfonamides is 1. The van der Waals surface area contributed by atoms with Gasteiger partial charge in [-0.25, -0.2) is 13.1 Å². The monoisotopic (exact) mass is 330 g/mol. The standard InChI is InChI=1S/C14H19ClN2O3S/c1-11(12-5-4-6-13(15)10-12)9-14(18)17(2)8-7-16-21(3,19)20/h4-6,9-10,16H,7-8H2,1-3H3. The van der Waals surface area contributed by atoms with E-state index in [0.717, 1.165) is 17.4 Å². The second kappa shape index (κ2) is 7.59. The van der Waals surface area contributed by atoms with Crippen LogP contribution < -0.4 is 4.72 Å². The predicted molar refractivity (Wildman–Crippen MR) is 85.6 cm³/mol. The van der Waals surface area contributed by atoms with E-state index in [-0.39, 0.29) is 12.5 Å². The molecule has 0 fully saturated rings. The molecule has 0 aliphatic rings. The molecule has 0 radical (unpaired) electrons. The molecular weight excluding hydrogens is 312 g/mol. The van der Waals surface area contributed by atoms with E-state index >= 15 is 0 Å². The first-order valence-electron chi connectivity index (χ1n) is 6.33.